The Hall–Kier alpha value is -5.04. The first kappa shape index (κ1) is 28.1. The molecule has 0 radical (unpaired) electrons. The Morgan fingerprint density at radius 2 is 1.86 bits per heavy atom. The van der Waals surface area contributed by atoms with Crippen LogP contribution in [0.2, 0.25) is 0 Å². The molecule has 1 aliphatic carbocycles. The van der Waals surface area contributed by atoms with Crippen molar-refractivity contribution < 1.29 is 0 Å². The van der Waals surface area contributed by atoms with E-state index in [2.05, 4.69) is 91.4 Å². The second kappa shape index (κ2) is 12.4. The van der Waals surface area contributed by atoms with Crippen LogP contribution in [-0.2, 0) is 13.0 Å². The number of imidazole rings is 1. The second-order valence-corrected chi connectivity index (χ2v) is 11.2. The van der Waals surface area contributed by atoms with E-state index in [0.717, 1.165) is 83.3 Å². The number of fused-ring (bicyclic) bond motifs is 1. The number of hydrogen-bond donors (Lipinski definition) is 2. The topological polar surface area (TPSA) is 138 Å². The lowest BCUT2D eigenvalue weighted by Crippen LogP contribution is -2.45. The average molecular weight is 573 g/mol. The number of hydrogen-bond acceptors (Lipinski definition) is 6. The minimum Gasteiger partial charge on any atom is -0.369 e. The van der Waals surface area contributed by atoms with Crippen molar-refractivity contribution in [1.29, 1.82) is 5.26 Å². The zero-order valence-electron chi connectivity index (χ0n) is 24.7. The fourth-order valence-corrected chi connectivity index (χ4v) is 6.30. The molecule has 0 saturated heterocycles. The van der Waals surface area contributed by atoms with Crippen LogP contribution in [0.4, 0.5) is 5.69 Å². The van der Waals surface area contributed by atoms with Crippen molar-refractivity contribution in [3.8, 4) is 28.7 Å². The summed E-state index contributed by atoms with van der Waals surface area (Å²) >= 11 is 0. The highest BCUT2D eigenvalue weighted by Crippen LogP contribution is 2.33. The molecular formula is C33H36N10. The summed E-state index contributed by atoms with van der Waals surface area (Å²) in [7, 11) is 0. The number of tetrazole rings is 1. The van der Waals surface area contributed by atoms with Crippen LogP contribution in [0.25, 0.3) is 33.5 Å². The fourth-order valence-electron chi connectivity index (χ4n) is 6.30. The van der Waals surface area contributed by atoms with E-state index in [-0.39, 0.29) is 12.0 Å². The van der Waals surface area contributed by atoms with Gasteiger partial charge in [0, 0.05) is 30.3 Å². The predicted octanol–water partition coefficient (Wildman–Crippen LogP) is 6.13. The molecular weight excluding hydrogens is 536 g/mol. The van der Waals surface area contributed by atoms with Crippen molar-refractivity contribution >= 4 is 22.7 Å². The maximum absolute atomic E-state index is 9.31. The van der Waals surface area contributed by atoms with E-state index in [1.165, 1.54) is 12.0 Å². The van der Waals surface area contributed by atoms with Crippen LogP contribution in [-0.4, -0.2) is 42.2 Å². The van der Waals surface area contributed by atoms with Crippen molar-refractivity contribution in [2.75, 3.05) is 4.90 Å². The molecule has 0 unspecified atom stereocenters. The number of aryl methyl sites for hydroxylation is 2. The minimum absolute atomic E-state index is 0.219. The Morgan fingerprint density at radius 3 is 2.56 bits per heavy atom. The molecule has 1 fully saturated rings. The minimum atomic E-state index is 0.219. The van der Waals surface area contributed by atoms with Gasteiger partial charge < -0.3 is 15.2 Å². The number of guanidine groups is 1. The smallest absolute Gasteiger partial charge is 0.212 e. The van der Waals surface area contributed by atoms with Gasteiger partial charge in [0.15, 0.2) is 0 Å². The Morgan fingerprint density at radius 1 is 1.09 bits per heavy atom. The molecule has 43 heavy (non-hydrogen) atoms. The summed E-state index contributed by atoms with van der Waals surface area (Å²) in [4.78, 5) is 11.1. The van der Waals surface area contributed by atoms with Gasteiger partial charge in [0.1, 0.15) is 5.82 Å². The van der Waals surface area contributed by atoms with Crippen LogP contribution < -0.4 is 10.6 Å². The summed E-state index contributed by atoms with van der Waals surface area (Å²) in [5.74, 6) is 1.89. The number of aromatic amines is 1. The number of nitriles is 1. The number of nitrogens with one attached hydrogen (secondary N) is 1. The Kier molecular flexibility index (Phi) is 8.13. The molecule has 1 aliphatic rings. The third-order valence-electron chi connectivity index (χ3n) is 8.33. The number of benzene rings is 3. The maximum atomic E-state index is 9.31. The summed E-state index contributed by atoms with van der Waals surface area (Å²) < 4.78 is 2.33. The number of aliphatic imine (C=N–C) groups is 1. The lowest BCUT2D eigenvalue weighted by atomic mass is 9.93. The molecule has 5 aromatic rings. The normalized spacial score (nSPS) is 14.2. The number of rotatable bonds is 8. The van der Waals surface area contributed by atoms with Crippen LogP contribution >= 0.6 is 0 Å². The SMILES string of the molecule is CCCc1nc2c(C)cc(N(C(N)=NC#N)C3CCCCC3)cc2n1Cc1ccc(-c2ccccc2-c2nn[nH]n2)cc1. The zero-order chi connectivity index (χ0) is 29.8. The monoisotopic (exact) mass is 572 g/mol. The molecule has 10 heteroatoms. The molecule has 218 valence electrons. The average Bonchev–Trinajstić information content (AvgIpc) is 3.68. The standard InChI is InChI=1S/C33H36N10/c1-3-9-30-37-31-22(2)18-26(43(33(35)36-21-34)25-10-5-4-6-11-25)19-29(31)42(30)20-23-14-16-24(17-15-23)27-12-7-8-13-28(27)32-38-40-41-39-32/h7-8,12-19,25H,3-6,9-11,20H2,1-2H3,(H2,35,36)(H,38,39,40,41). The van der Waals surface area contributed by atoms with E-state index in [0.29, 0.717) is 12.4 Å². The number of aromatic nitrogens is 6. The first-order valence-electron chi connectivity index (χ1n) is 15.0. The highest BCUT2D eigenvalue weighted by molar-refractivity contribution is 5.98. The molecule has 6 rings (SSSR count). The zero-order valence-corrected chi connectivity index (χ0v) is 24.7. The molecule has 0 amide bonds. The van der Waals surface area contributed by atoms with Crippen molar-refractivity contribution in [3.63, 3.8) is 0 Å². The third kappa shape index (κ3) is 5.71. The maximum Gasteiger partial charge on any atom is 0.212 e. The van der Waals surface area contributed by atoms with Crippen LogP contribution in [0.3, 0.4) is 0 Å². The summed E-state index contributed by atoms with van der Waals surface area (Å²) in [6.07, 6.45) is 9.35. The van der Waals surface area contributed by atoms with Gasteiger partial charge in [-0.2, -0.15) is 10.5 Å². The third-order valence-corrected chi connectivity index (χ3v) is 8.33. The van der Waals surface area contributed by atoms with Crippen LogP contribution in [0, 0.1) is 18.4 Å². The van der Waals surface area contributed by atoms with Gasteiger partial charge in [0.2, 0.25) is 18.0 Å². The largest absolute Gasteiger partial charge is 0.369 e. The number of nitrogens with zero attached hydrogens (tertiary/aromatic N) is 8. The highest BCUT2D eigenvalue weighted by atomic mass is 15.5. The van der Waals surface area contributed by atoms with Crippen molar-refractivity contribution in [2.45, 2.75) is 71.4 Å². The van der Waals surface area contributed by atoms with E-state index in [1.807, 2.05) is 24.4 Å². The first-order chi connectivity index (χ1) is 21.1. The molecule has 1 saturated carbocycles. The van der Waals surface area contributed by atoms with Gasteiger partial charge in [-0.05, 0) is 65.8 Å². The lowest BCUT2D eigenvalue weighted by Gasteiger charge is -2.35. The summed E-state index contributed by atoms with van der Waals surface area (Å²) in [6, 6.07) is 21.3. The summed E-state index contributed by atoms with van der Waals surface area (Å²) in [5.41, 5.74) is 14.8. The Labute approximate surface area is 251 Å². The molecule has 2 aromatic heterocycles. The van der Waals surface area contributed by atoms with Gasteiger partial charge in [0.05, 0.1) is 11.0 Å². The number of nitrogens with two attached hydrogens (primary N) is 1. The van der Waals surface area contributed by atoms with Crippen molar-refractivity contribution in [2.24, 2.45) is 10.7 Å². The molecule has 0 atom stereocenters. The van der Waals surface area contributed by atoms with Crippen LogP contribution in [0.5, 0.6) is 0 Å². The highest BCUT2D eigenvalue weighted by Gasteiger charge is 2.26. The molecule has 0 bridgehead atoms. The quantitative estimate of drug-likeness (QED) is 0.130. The first-order valence-corrected chi connectivity index (χ1v) is 15.0. The van der Waals surface area contributed by atoms with Gasteiger partial charge in [-0.3, -0.25) is 0 Å². The molecule has 0 spiro atoms. The van der Waals surface area contributed by atoms with Gasteiger partial charge >= 0.3 is 0 Å². The Balaban J connectivity index is 1.38. The van der Waals surface area contributed by atoms with E-state index in [4.69, 9.17) is 10.7 Å². The van der Waals surface area contributed by atoms with Crippen LogP contribution in [0.1, 0.15) is 62.4 Å². The summed E-state index contributed by atoms with van der Waals surface area (Å²) in [6.45, 7) is 4.97. The number of anilines is 1. The molecule has 3 N–H and O–H groups in total. The Bertz CT molecular complexity index is 1770. The summed E-state index contributed by atoms with van der Waals surface area (Å²) in [5, 5.41) is 24.0. The van der Waals surface area contributed by atoms with E-state index < -0.39 is 0 Å². The van der Waals surface area contributed by atoms with Crippen molar-refractivity contribution in [3.05, 3.63) is 77.6 Å². The predicted molar refractivity (Wildman–Crippen MR) is 169 cm³/mol. The van der Waals surface area contributed by atoms with Gasteiger partial charge in [-0.15, -0.1) is 15.2 Å². The van der Waals surface area contributed by atoms with Gasteiger partial charge in [0.25, 0.3) is 0 Å². The van der Waals surface area contributed by atoms with E-state index >= 15 is 0 Å². The molecule has 0 aliphatic heterocycles. The van der Waals surface area contributed by atoms with E-state index in [1.54, 1.807) is 0 Å². The molecule has 10 nitrogen and oxygen atoms in total. The van der Waals surface area contributed by atoms with Crippen LogP contribution in [0.15, 0.2) is 65.7 Å². The van der Waals surface area contributed by atoms with Gasteiger partial charge in [-0.25, -0.2) is 4.98 Å². The lowest BCUT2D eigenvalue weighted by molar-refractivity contribution is 0.439. The molecule has 3 aromatic carbocycles. The molecule has 2 heterocycles. The van der Waals surface area contributed by atoms with E-state index in [9.17, 15) is 5.26 Å². The van der Waals surface area contributed by atoms with Gasteiger partial charge in [-0.1, -0.05) is 74.7 Å². The van der Waals surface area contributed by atoms with Crippen molar-refractivity contribution in [1.82, 2.24) is 30.2 Å². The second-order valence-electron chi connectivity index (χ2n) is 11.2. The fraction of sp³-hybridized carbons (Fsp3) is 0.333. The number of H-pyrrole nitrogens is 1.